The zero-order valence-corrected chi connectivity index (χ0v) is 16.7. The van der Waals surface area contributed by atoms with Crippen LogP contribution in [0.2, 0.25) is 0 Å². The average molecular weight is 459 g/mol. The number of anilines is 1. The summed E-state index contributed by atoms with van der Waals surface area (Å²) in [6.45, 7) is 1.81. The fraction of sp³-hybridized carbons (Fsp3) is 0.158. The highest BCUT2D eigenvalue weighted by Crippen LogP contribution is 2.34. The first-order valence-corrected chi connectivity index (χ1v) is 9.42. The Kier molecular flexibility index (Phi) is 4.58. The van der Waals surface area contributed by atoms with E-state index in [-0.39, 0.29) is 5.95 Å². The van der Waals surface area contributed by atoms with E-state index in [1.54, 1.807) is 6.07 Å². The van der Waals surface area contributed by atoms with Crippen molar-refractivity contribution in [2.75, 3.05) is 5.32 Å². The normalized spacial score (nSPS) is 20.6. The summed E-state index contributed by atoms with van der Waals surface area (Å²) < 4.78 is 14.1. The number of hydrogen-bond acceptors (Lipinski definition) is 5. The Morgan fingerprint density at radius 2 is 2.07 bits per heavy atom. The van der Waals surface area contributed by atoms with Gasteiger partial charge in [0.25, 0.3) is 11.8 Å². The molecule has 0 aliphatic carbocycles. The number of halogens is 2. The summed E-state index contributed by atoms with van der Waals surface area (Å²) in [6, 6.07) is 8.23. The second kappa shape index (κ2) is 6.96. The van der Waals surface area contributed by atoms with Gasteiger partial charge in [-0.1, -0.05) is 22.0 Å². The van der Waals surface area contributed by atoms with Crippen LogP contribution in [0.4, 0.5) is 10.3 Å². The third-order valence-corrected chi connectivity index (χ3v) is 5.37. The smallest absolute Gasteiger partial charge is 0.254 e. The van der Waals surface area contributed by atoms with Crippen LogP contribution in [-0.4, -0.2) is 34.2 Å². The molecule has 10 heteroatoms. The molecule has 0 radical (unpaired) electrons. The van der Waals surface area contributed by atoms with Gasteiger partial charge in [0.2, 0.25) is 5.95 Å². The number of aryl methyl sites for hydroxylation is 1. The maximum atomic E-state index is 13.4. The number of nitrogens with zero attached hydrogens (tertiary/aromatic N) is 2. The van der Waals surface area contributed by atoms with E-state index in [1.807, 2.05) is 19.1 Å². The molecule has 4 rings (SSSR count). The zero-order chi connectivity index (χ0) is 20.8. The number of nitrogens with two attached hydrogens (primary N) is 1. The summed E-state index contributed by atoms with van der Waals surface area (Å²) in [7, 11) is 0. The first kappa shape index (κ1) is 19.1. The lowest BCUT2D eigenvalue weighted by Crippen LogP contribution is -2.59. The summed E-state index contributed by atoms with van der Waals surface area (Å²) in [5.74, 6) is -1.66. The fourth-order valence-electron chi connectivity index (χ4n) is 3.48. The van der Waals surface area contributed by atoms with Crippen LogP contribution >= 0.6 is 15.9 Å². The molecule has 0 saturated carbocycles. The molecule has 5 N–H and O–H groups in total. The third-order valence-electron chi connectivity index (χ3n) is 4.87. The van der Waals surface area contributed by atoms with Crippen molar-refractivity contribution in [1.29, 1.82) is 0 Å². The van der Waals surface area contributed by atoms with Crippen LogP contribution in [0.25, 0.3) is 11.0 Å². The largest absolute Gasteiger partial charge is 0.367 e. The van der Waals surface area contributed by atoms with E-state index in [9.17, 15) is 14.0 Å². The highest BCUT2D eigenvalue weighted by Gasteiger charge is 2.53. The van der Waals surface area contributed by atoms with Crippen molar-refractivity contribution in [3.63, 3.8) is 0 Å². The number of carbonyl (C=O) groups is 2. The summed E-state index contributed by atoms with van der Waals surface area (Å²) in [4.78, 5) is 36.8. The number of hydrogen-bond donors (Lipinski definition) is 4. The van der Waals surface area contributed by atoms with Gasteiger partial charge < -0.3 is 16.0 Å². The fourth-order valence-corrected chi connectivity index (χ4v) is 3.84. The SMILES string of the molecule is Cc1ccc(Br)cc1C1(C(N)=O)NC=NC1C(=O)Nc1nc2ccc(F)cc2[nH]1. The van der Waals surface area contributed by atoms with Crippen molar-refractivity contribution >= 4 is 51.1 Å². The van der Waals surface area contributed by atoms with E-state index in [1.165, 1.54) is 24.5 Å². The molecule has 8 nitrogen and oxygen atoms in total. The van der Waals surface area contributed by atoms with E-state index in [2.05, 4.69) is 41.5 Å². The maximum Gasteiger partial charge on any atom is 0.254 e. The minimum Gasteiger partial charge on any atom is -0.367 e. The molecule has 0 bridgehead atoms. The van der Waals surface area contributed by atoms with Crippen LogP contribution in [0, 0.1) is 12.7 Å². The molecule has 1 aromatic heterocycles. The molecule has 2 amide bonds. The number of benzene rings is 2. The molecule has 148 valence electrons. The summed E-state index contributed by atoms with van der Waals surface area (Å²) in [6.07, 6.45) is 1.30. The van der Waals surface area contributed by atoms with Gasteiger partial charge >= 0.3 is 0 Å². The van der Waals surface area contributed by atoms with E-state index in [0.717, 1.165) is 10.0 Å². The molecular formula is C19H16BrFN6O2. The summed E-state index contributed by atoms with van der Waals surface area (Å²) >= 11 is 3.39. The Labute approximate surface area is 172 Å². The molecule has 1 aliphatic rings. The molecule has 1 aliphatic heterocycles. The van der Waals surface area contributed by atoms with Crippen molar-refractivity contribution in [2.24, 2.45) is 10.7 Å². The minimum absolute atomic E-state index is 0.113. The lowest BCUT2D eigenvalue weighted by atomic mass is 9.80. The van der Waals surface area contributed by atoms with Gasteiger partial charge in [0.05, 0.1) is 17.4 Å². The number of aromatic nitrogens is 2. The topological polar surface area (TPSA) is 125 Å². The van der Waals surface area contributed by atoms with Crippen molar-refractivity contribution in [3.05, 3.63) is 57.8 Å². The average Bonchev–Trinajstić information content (AvgIpc) is 3.27. The molecule has 0 saturated heterocycles. The number of nitrogens with one attached hydrogen (secondary N) is 3. The van der Waals surface area contributed by atoms with Gasteiger partial charge in [-0.15, -0.1) is 0 Å². The summed E-state index contributed by atoms with van der Waals surface area (Å²) in [5, 5.41) is 5.48. The highest BCUT2D eigenvalue weighted by molar-refractivity contribution is 9.10. The Morgan fingerprint density at radius 3 is 2.83 bits per heavy atom. The van der Waals surface area contributed by atoms with Crippen molar-refractivity contribution in [2.45, 2.75) is 18.5 Å². The van der Waals surface area contributed by atoms with Gasteiger partial charge in [0, 0.05) is 4.47 Å². The molecule has 2 unspecified atom stereocenters. The molecule has 2 atom stereocenters. The number of H-pyrrole nitrogens is 1. The predicted molar refractivity (Wildman–Crippen MR) is 110 cm³/mol. The van der Waals surface area contributed by atoms with Gasteiger partial charge in [-0.3, -0.25) is 19.9 Å². The minimum atomic E-state index is -1.56. The quantitative estimate of drug-likeness (QED) is 0.477. The predicted octanol–water partition coefficient (Wildman–Crippen LogP) is 2.09. The Balaban J connectivity index is 1.71. The number of rotatable bonds is 4. The van der Waals surface area contributed by atoms with E-state index in [0.29, 0.717) is 16.6 Å². The Bertz CT molecular complexity index is 1180. The standard InChI is InChI=1S/C19H16BrFN6O2/c1-9-2-3-10(20)6-12(9)19(17(22)29)15(23-8-24-19)16(28)27-18-25-13-5-4-11(21)7-14(13)26-18/h2-8,15H,1H3,(H2,22,29)(H,23,24)(H2,25,26,27,28). The lowest BCUT2D eigenvalue weighted by Gasteiger charge is -2.32. The van der Waals surface area contributed by atoms with E-state index in [4.69, 9.17) is 5.73 Å². The Morgan fingerprint density at radius 1 is 1.28 bits per heavy atom. The van der Waals surface area contributed by atoms with Crippen LogP contribution in [0.15, 0.2) is 45.9 Å². The number of fused-ring (bicyclic) bond motifs is 1. The number of imidazole rings is 1. The zero-order valence-electron chi connectivity index (χ0n) is 15.2. The molecule has 2 heterocycles. The van der Waals surface area contributed by atoms with Gasteiger partial charge in [-0.2, -0.15) is 0 Å². The number of primary amides is 1. The number of aromatic amines is 1. The van der Waals surface area contributed by atoms with E-state index < -0.39 is 29.2 Å². The van der Waals surface area contributed by atoms with Crippen molar-refractivity contribution in [1.82, 2.24) is 15.3 Å². The van der Waals surface area contributed by atoms with Crippen molar-refractivity contribution < 1.29 is 14.0 Å². The van der Waals surface area contributed by atoms with Crippen LogP contribution in [-0.2, 0) is 15.1 Å². The van der Waals surface area contributed by atoms with Crippen LogP contribution in [0.1, 0.15) is 11.1 Å². The molecule has 0 fully saturated rings. The molecule has 3 aromatic rings. The number of amides is 2. The van der Waals surface area contributed by atoms with Gasteiger partial charge in [0.15, 0.2) is 11.6 Å². The van der Waals surface area contributed by atoms with Crippen molar-refractivity contribution in [3.8, 4) is 0 Å². The highest BCUT2D eigenvalue weighted by atomic mass is 79.9. The van der Waals surface area contributed by atoms with E-state index >= 15 is 0 Å². The van der Waals surface area contributed by atoms with Crippen LogP contribution < -0.4 is 16.4 Å². The molecule has 0 spiro atoms. The third kappa shape index (κ3) is 3.15. The van der Waals surface area contributed by atoms with Crippen LogP contribution in [0.5, 0.6) is 0 Å². The first-order valence-electron chi connectivity index (χ1n) is 8.63. The number of aliphatic imine (C=N–C) groups is 1. The van der Waals surface area contributed by atoms with Gasteiger partial charge in [0.1, 0.15) is 5.82 Å². The number of carbonyl (C=O) groups excluding carboxylic acids is 2. The summed E-state index contributed by atoms with van der Waals surface area (Å²) in [5.41, 5.74) is 6.39. The van der Waals surface area contributed by atoms with Crippen LogP contribution in [0.3, 0.4) is 0 Å². The molecular weight excluding hydrogens is 443 g/mol. The molecule has 2 aromatic carbocycles. The Hall–Kier alpha value is -3.27. The van der Waals surface area contributed by atoms with Gasteiger partial charge in [-0.05, 0) is 48.4 Å². The maximum absolute atomic E-state index is 13.4. The second-order valence-corrected chi connectivity index (χ2v) is 7.61. The van der Waals surface area contributed by atoms with Gasteiger partial charge in [-0.25, -0.2) is 9.37 Å². The lowest BCUT2D eigenvalue weighted by molar-refractivity contribution is -0.129. The monoisotopic (exact) mass is 458 g/mol. The second-order valence-electron chi connectivity index (χ2n) is 6.69. The first-order chi connectivity index (χ1) is 13.8. The molecule has 29 heavy (non-hydrogen) atoms.